The molecule has 2 N–H and O–H groups in total. The van der Waals surface area contributed by atoms with Gasteiger partial charge in [0.1, 0.15) is 11.9 Å². The molecule has 2 amide bonds. The zero-order chi connectivity index (χ0) is 18.4. The lowest BCUT2D eigenvalue weighted by molar-refractivity contribution is -0.124. The summed E-state index contributed by atoms with van der Waals surface area (Å²) in [5, 5.41) is 5.62. The van der Waals surface area contributed by atoms with Gasteiger partial charge in [0, 0.05) is 12.6 Å². The second kappa shape index (κ2) is 8.94. The minimum atomic E-state index is -0.691. The molecule has 1 aromatic carbocycles. The van der Waals surface area contributed by atoms with Crippen molar-refractivity contribution in [1.82, 2.24) is 15.5 Å². The van der Waals surface area contributed by atoms with Crippen LogP contribution in [0.2, 0.25) is 0 Å². The highest BCUT2D eigenvalue weighted by molar-refractivity contribution is 5.97. The molecule has 0 aromatic heterocycles. The van der Waals surface area contributed by atoms with E-state index in [2.05, 4.69) is 22.5 Å². The van der Waals surface area contributed by atoms with Crippen molar-refractivity contribution in [2.75, 3.05) is 19.6 Å². The lowest BCUT2D eigenvalue weighted by Crippen LogP contribution is -2.52. The zero-order valence-electron chi connectivity index (χ0n) is 15.2. The second-order valence-electron chi connectivity index (χ2n) is 6.84. The van der Waals surface area contributed by atoms with Gasteiger partial charge in [-0.1, -0.05) is 32.9 Å². The number of hydrogen-bond acceptors (Lipinski definition) is 3. The number of nitrogens with zero attached hydrogens (tertiary/aromatic N) is 1. The van der Waals surface area contributed by atoms with E-state index in [4.69, 9.17) is 0 Å². The molecule has 1 aromatic rings. The van der Waals surface area contributed by atoms with Crippen molar-refractivity contribution in [2.45, 2.75) is 45.7 Å². The summed E-state index contributed by atoms with van der Waals surface area (Å²) in [7, 11) is 0. The van der Waals surface area contributed by atoms with Gasteiger partial charge >= 0.3 is 0 Å². The number of likely N-dealkylation sites (N-methyl/N-ethyl adjacent to an activating group) is 1. The fourth-order valence-corrected chi connectivity index (χ4v) is 3.27. The molecule has 0 radical (unpaired) electrons. The number of nitrogens with one attached hydrogen (secondary N) is 2. The van der Waals surface area contributed by atoms with E-state index in [1.807, 2.05) is 13.8 Å². The molecule has 0 saturated carbocycles. The molecule has 1 aliphatic rings. The summed E-state index contributed by atoms with van der Waals surface area (Å²) in [5.41, 5.74) is -0.0473. The summed E-state index contributed by atoms with van der Waals surface area (Å²) >= 11 is 0. The summed E-state index contributed by atoms with van der Waals surface area (Å²) in [6.07, 6.45) is 2.22. The van der Waals surface area contributed by atoms with Gasteiger partial charge in [-0.15, -0.1) is 0 Å². The minimum Gasteiger partial charge on any atom is -0.353 e. The number of carbonyl (C=O) groups excluding carboxylic acids is 2. The largest absolute Gasteiger partial charge is 0.353 e. The number of benzene rings is 1. The molecule has 2 rings (SSSR count). The van der Waals surface area contributed by atoms with Crippen molar-refractivity contribution in [1.29, 1.82) is 0 Å². The molecule has 6 heteroatoms. The Morgan fingerprint density at radius 3 is 2.68 bits per heavy atom. The molecule has 0 spiro atoms. The average molecular weight is 349 g/mol. The van der Waals surface area contributed by atoms with Crippen molar-refractivity contribution in [2.24, 2.45) is 5.92 Å². The molecule has 1 fully saturated rings. The van der Waals surface area contributed by atoms with Crippen LogP contribution in [-0.4, -0.2) is 48.4 Å². The van der Waals surface area contributed by atoms with E-state index in [1.54, 1.807) is 6.07 Å². The van der Waals surface area contributed by atoms with Gasteiger partial charge in [0.25, 0.3) is 5.91 Å². The summed E-state index contributed by atoms with van der Waals surface area (Å²) in [5.74, 6) is -1.47. The van der Waals surface area contributed by atoms with Gasteiger partial charge in [-0.2, -0.15) is 0 Å². The lowest BCUT2D eigenvalue weighted by Gasteiger charge is -2.26. The molecule has 25 heavy (non-hydrogen) atoms. The van der Waals surface area contributed by atoms with Gasteiger partial charge in [-0.3, -0.25) is 14.5 Å². The predicted molar refractivity (Wildman–Crippen MR) is 95.8 cm³/mol. The molecule has 1 heterocycles. The third kappa shape index (κ3) is 5.01. The first-order valence-corrected chi connectivity index (χ1v) is 9.01. The Balaban J connectivity index is 1.96. The number of carbonyl (C=O) groups is 2. The molecular formula is C19H28FN3O2. The van der Waals surface area contributed by atoms with E-state index in [-0.39, 0.29) is 17.4 Å². The highest BCUT2D eigenvalue weighted by atomic mass is 19.1. The van der Waals surface area contributed by atoms with E-state index in [9.17, 15) is 14.0 Å². The van der Waals surface area contributed by atoms with Crippen molar-refractivity contribution in [3.05, 3.63) is 35.6 Å². The van der Waals surface area contributed by atoms with E-state index < -0.39 is 17.8 Å². The van der Waals surface area contributed by atoms with Gasteiger partial charge in [-0.25, -0.2) is 4.39 Å². The van der Waals surface area contributed by atoms with Crippen LogP contribution in [0.15, 0.2) is 24.3 Å². The van der Waals surface area contributed by atoms with Gasteiger partial charge < -0.3 is 10.6 Å². The standard InChI is InChI=1S/C19H28FN3O2/c1-4-23-11-7-8-14(23)12-21-19(25)17(13(2)3)22-18(24)15-9-5-6-10-16(15)20/h5-6,9-10,13-14,17H,4,7-8,11-12H2,1-3H3,(H,21,25)(H,22,24). The van der Waals surface area contributed by atoms with Crippen molar-refractivity contribution in [3.8, 4) is 0 Å². The number of rotatable bonds is 7. The van der Waals surface area contributed by atoms with Crippen LogP contribution in [-0.2, 0) is 4.79 Å². The van der Waals surface area contributed by atoms with Gasteiger partial charge in [0.2, 0.25) is 5.91 Å². The van der Waals surface area contributed by atoms with Crippen LogP contribution in [0.3, 0.4) is 0 Å². The van der Waals surface area contributed by atoms with Crippen LogP contribution in [0.25, 0.3) is 0 Å². The smallest absolute Gasteiger partial charge is 0.254 e. The first kappa shape index (κ1) is 19.4. The predicted octanol–water partition coefficient (Wildman–Crippen LogP) is 2.18. The van der Waals surface area contributed by atoms with Crippen LogP contribution in [0, 0.1) is 11.7 Å². The molecule has 0 aliphatic carbocycles. The van der Waals surface area contributed by atoms with Crippen molar-refractivity contribution >= 4 is 11.8 Å². The molecule has 2 atom stereocenters. The van der Waals surface area contributed by atoms with Crippen LogP contribution >= 0.6 is 0 Å². The normalized spacial score (nSPS) is 19.0. The van der Waals surface area contributed by atoms with Crippen LogP contribution in [0.4, 0.5) is 4.39 Å². The topological polar surface area (TPSA) is 61.4 Å². The summed E-state index contributed by atoms with van der Waals surface area (Å²) in [4.78, 5) is 27.2. The fraction of sp³-hybridized carbons (Fsp3) is 0.579. The maximum absolute atomic E-state index is 13.8. The molecule has 138 valence electrons. The number of amides is 2. The molecule has 1 saturated heterocycles. The van der Waals surface area contributed by atoms with E-state index in [0.717, 1.165) is 25.9 Å². The van der Waals surface area contributed by atoms with Crippen molar-refractivity contribution < 1.29 is 14.0 Å². The Bertz CT molecular complexity index is 606. The summed E-state index contributed by atoms with van der Waals surface area (Å²) in [6.45, 7) is 8.45. The third-order valence-corrected chi connectivity index (χ3v) is 4.77. The van der Waals surface area contributed by atoms with Gasteiger partial charge in [0.15, 0.2) is 0 Å². The minimum absolute atomic E-state index is 0.0473. The number of halogens is 1. The van der Waals surface area contributed by atoms with Gasteiger partial charge in [-0.05, 0) is 44.0 Å². The molecule has 1 aliphatic heterocycles. The maximum atomic E-state index is 13.8. The first-order chi connectivity index (χ1) is 11.9. The lowest BCUT2D eigenvalue weighted by atomic mass is 10.0. The van der Waals surface area contributed by atoms with E-state index >= 15 is 0 Å². The second-order valence-corrected chi connectivity index (χ2v) is 6.84. The van der Waals surface area contributed by atoms with Crippen LogP contribution < -0.4 is 10.6 Å². The van der Waals surface area contributed by atoms with E-state index in [1.165, 1.54) is 18.2 Å². The van der Waals surface area contributed by atoms with Gasteiger partial charge in [0.05, 0.1) is 5.56 Å². The molecular weight excluding hydrogens is 321 g/mol. The van der Waals surface area contributed by atoms with Crippen LogP contribution in [0.5, 0.6) is 0 Å². The quantitative estimate of drug-likeness (QED) is 0.793. The Labute approximate surface area is 149 Å². The van der Waals surface area contributed by atoms with Crippen LogP contribution in [0.1, 0.15) is 44.0 Å². The Kier molecular flexibility index (Phi) is 6.93. The molecule has 0 bridgehead atoms. The highest BCUT2D eigenvalue weighted by Gasteiger charge is 2.28. The van der Waals surface area contributed by atoms with E-state index in [0.29, 0.717) is 12.6 Å². The zero-order valence-corrected chi connectivity index (χ0v) is 15.2. The molecule has 5 nitrogen and oxygen atoms in total. The average Bonchev–Trinajstić information content (AvgIpc) is 3.05. The molecule has 2 unspecified atom stereocenters. The number of likely N-dealkylation sites (tertiary alicyclic amines) is 1. The Morgan fingerprint density at radius 2 is 2.04 bits per heavy atom. The summed E-state index contributed by atoms with van der Waals surface area (Å²) in [6, 6.07) is 5.44. The SMILES string of the molecule is CCN1CCCC1CNC(=O)C(NC(=O)c1ccccc1F)C(C)C. The fourth-order valence-electron chi connectivity index (χ4n) is 3.27. The first-order valence-electron chi connectivity index (χ1n) is 9.01. The van der Waals surface area contributed by atoms with Crippen molar-refractivity contribution in [3.63, 3.8) is 0 Å². The third-order valence-electron chi connectivity index (χ3n) is 4.77. The number of hydrogen-bond donors (Lipinski definition) is 2. The monoisotopic (exact) mass is 349 g/mol. The Morgan fingerprint density at radius 1 is 1.32 bits per heavy atom. The highest BCUT2D eigenvalue weighted by Crippen LogP contribution is 2.16. The Hall–Kier alpha value is -1.95. The summed E-state index contributed by atoms with van der Waals surface area (Å²) < 4.78 is 13.8. The maximum Gasteiger partial charge on any atom is 0.254 e.